The third kappa shape index (κ3) is 10.0. The van der Waals surface area contributed by atoms with E-state index in [9.17, 15) is 19.8 Å². The Kier molecular flexibility index (Phi) is 14.0. The van der Waals surface area contributed by atoms with Crippen molar-refractivity contribution in [2.45, 2.75) is 83.3 Å². The molecule has 2 N–H and O–H groups in total. The second-order valence-corrected chi connectivity index (χ2v) is 14.8. The monoisotopic (exact) mass is 709 g/mol. The number of benzene rings is 2. The highest BCUT2D eigenvalue weighted by atomic mass is 35.5. The second-order valence-electron chi connectivity index (χ2n) is 14.4. The largest absolute Gasteiger partial charge is 0.491 e. The maximum atomic E-state index is 11.8. The smallest absolute Gasteiger partial charge is 0.337 e. The molecule has 9 nitrogen and oxygen atoms in total. The molecule has 5 atom stereocenters. The van der Waals surface area contributed by atoms with Crippen LogP contribution in [0.15, 0.2) is 48.6 Å². The highest BCUT2D eigenvalue weighted by Gasteiger charge is 2.39. The fraction of sp³-hybridized carbons (Fsp3) is 0.600. The van der Waals surface area contributed by atoms with E-state index in [4.69, 9.17) is 21.1 Å². The van der Waals surface area contributed by atoms with Gasteiger partial charge in [0.1, 0.15) is 5.75 Å². The molecule has 2 fully saturated rings. The Bertz CT molecular complexity index is 1460. The number of anilines is 1. The minimum absolute atomic E-state index is 0.0349. The summed E-state index contributed by atoms with van der Waals surface area (Å²) < 4.78 is 13.1. The van der Waals surface area contributed by atoms with E-state index in [0.717, 1.165) is 69.0 Å². The van der Waals surface area contributed by atoms with Gasteiger partial charge in [-0.2, -0.15) is 0 Å². The lowest BCUT2D eigenvalue weighted by atomic mass is 9.70. The second kappa shape index (κ2) is 18.4. The van der Waals surface area contributed by atoms with Crippen molar-refractivity contribution in [3.05, 3.63) is 70.3 Å². The normalized spacial score (nSPS) is 22.3. The number of carboxylic acid groups (broad SMARTS) is 1. The number of aliphatic hydroxyl groups is 1. The van der Waals surface area contributed by atoms with E-state index in [2.05, 4.69) is 41.0 Å². The number of aliphatic carboxylic acids is 1. The summed E-state index contributed by atoms with van der Waals surface area (Å²) in [4.78, 5) is 30.1. The fourth-order valence-corrected chi connectivity index (χ4v) is 7.85. The van der Waals surface area contributed by atoms with E-state index in [1.165, 1.54) is 30.4 Å². The zero-order chi connectivity index (χ0) is 35.6. The van der Waals surface area contributed by atoms with Crippen LogP contribution in [0.3, 0.4) is 0 Å². The van der Waals surface area contributed by atoms with E-state index in [1.807, 2.05) is 13.1 Å². The Morgan fingerprint density at radius 2 is 1.94 bits per heavy atom. The third-order valence-electron chi connectivity index (χ3n) is 10.8. The molecule has 50 heavy (non-hydrogen) atoms. The van der Waals surface area contributed by atoms with Gasteiger partial charge in [-0.05, 0) is 104 Å². The number of carboxylic acids is 1. The molecule has 5 unspecified atom stereocenters. The molecule has 1 aliphatic carbocycles. The first-order valence-corrected chi connectivity index (χ1v) is 19.0. The first kappa shape index (κ1) is 38.1. The van der Waals surface area contributed by atoms with Gasteiger partial charge in [-0.3, -0.25) is 4.79 Å². The molecule has 2 aromatic carbocycles. The number of amides is 1. The van der Waals surface area contributed by atoms with Gasteiger partial charge in [0.2, 0.25) is 5.91 Å². The van der Waals surface area contributed by atoms with Crippen molar-refractivity contribution in [1.29, 1.82) is 0 Å². The minimum Gasteiger partial charge on any atom is -0.491 e. The van der Waals surface area contributed by atoms with Gasteiger partial charge in [-0.15, -0.1) is 0 Å². The number of hydrogen-bond donors (Lipinski definition) is 2. The van der Waals surface area contributed by atoms with Gasteiger partial charge >= 0.3 is 5.97 Å². The zero-order valence-corrected chi connectivity index (χ0v) is 30.8. The summed E-state index contributed by atoms with van der Waals surface area (Å²) in [5.74, 6) is 0.218. The Morgan fingerprint density at radius 3 is 2.64 bits per heavy atom. The number of piperidine rings is 1. The summed E-state index contributed by atoms with van der Waals surface area (Å²) in [6.07, 6.45) is 11.4. The summed E-state index contributed by atoms with van der Waals surface area (Å²) in [6.45, 7) is 10.2. The third-order valence-corrected chi connectivity index (χ3v) is 11.1. The van der Waals surface area contributed by atoms with Crippen LogP contribution in [-0.4, -0.2) is 97.5 Å². The van der Waals surface area contributed by atoms with Gasteiger partial charge < -0.3 is 34.4 Å². The number of carbonyl (C=O) groups excluding carboxylic acids is 1. The van der Waals surface area contributed by atoms with Crippen LogP contribution < -0.4 is 9.64 Å². The summed E-state index contributed by atoms with van der Waals surface area (Å²) in [6, 6.07) is 11.4. The summed E-state index contributed by atoms with van der Waals surface area (Å²) in [7, 11) is 1.83. The first-order valence-electron chi connectivity index (χ1n) is 18.6. The van der Waals surface area contributed by atoms with Gasteiger partial charge in [-0.1, -0.05) is 55.7 Å². The Labute approximate surface area is 303 Å². The number of halogens is 1. The van der Waals surface area contributed by atoms with Crippen molar-refractivity contribution in [3.63, 3.8) is 0 Å². The number of aryl methyl sites for hydroxylation is 1. The number of likely N-dealkylation sites (tertiary alicyclic amines) is 1. The van der Waals surface area contributed by atoms with Crippen LogP contribution in [0, 0.1) is 11.8 Å². The van der Waals surface area contributed by atoms with Gasteiger partial charge in [0.25, 0.3) is 0 Å². The SMILES string of the molecule is CCCc1cc(Cl)ccc1C1COc2ccc(C(O)C(=O)O)cc2N(CC2CCC2C(/C=C/CCN(C)C(C)=O)OCCN2CCCCC2)C1. The molecule has 3 aliphatic rings. The van der Waals surface area contributed by atoms with E-state index in [0.29, 0.717) is 49.5 Å². The van der Waals surface area contributed by atoms with E-state index in [1.54, 1.807) is 30.0 Å². The van der Waals surface area contributed by atoms with Crippen molar-refractivity contribution >= 4 is 29.2 Å². The van der Waals surface area contributed by atoms with Crippen molar-refractivity contribution in [3.8, 4) is 5.75 Å². The van der Waals surface area contributed by atoms with E-state index in [-0.39, 0.29) is 17.9 Å². The van der Waals surface area contributed by atoms with Crippen LogP contribution in [0.25, 0.3) is 0 Å². The van der Waals surface area contributed by atoms with Crippen molar-refractivity contribution in [2.24, 2.45) is 11.8 Å². The number of ether oxygens (including phenoxy) is 2. The highest BCUT2D eigenvalue weighted by molar-refractivity contribution is 6.30. The molecule has 0 spiro atoms. The van der Waals surface area contributed by atoms with Crippen LogP contribution in [0.1, 0.15) is 87.5 Å². The van der Waals surface area contributed by atoms with Crippen molar-refractivity contribution < 1.29 is 29.3 Å². The number of nitrogens with zero attached hydrogens (tertiary/aromatic N) is 3. The van der Waals surface area contributed by atoms with E-state index < -0.39 is 12.1 Å². The molecule has 274 valence electrons. The lowest BCUT2D eigenvalue weighted by Gasteiger charge is -2.44. The van der Waals surface area contributed by atoms with Crippen LogP contribution in [0.2, 0.25) is 5.02 Å². The van der Waals surface area contributed by atoms with Crippen LogP contribution in [0.5, 0.6) is 5.75 Å². The molecule has 5 rings (SSSR count). The van der Waals surface area contributed by atoms with Gasteiger partial charge in [-0.25, -0.2) is 4.79 Å². The lowest BCUT2D eigenvalue weighted by molar-refractivity contribution is -0.147. The average molecular weight is 710 g/mol. The maximum Gasteiger partial charge on any atom is 0.337 e. The summed E-state index contributed by atoms with van der Waals surface area (Å²) in [5.41, 5.74) is 3.60. The topological polar surface area (TPSA) is 103 Å². The van der Waals surface area contributed by atoms with E-state index >= 15 is 0 Å². The van der Waals surface area contributed by atoms with Gasteiger partial charge in [0.15, 0.2) is 6.10 Å². The predicted octanol–water partition coefficient (Wildman–Crippen LogP) is 6.72. The molecule has 2 aromatic rings. The highest BCUT2D eigenvalue weighted by Crippen LogP contribution is 2.43. The molecule has 1 amide bonds. The molecular weight excluding hydrogens is 654 g/mol. The number of aliphatic hydroxyl groups excluding tert-OH is 1. The molecular formula is C40H56ClN3O6. The number of fused-ring (bicyclic) bond motifs is 1. The van der Waals surface area contributed by atoms with Gasteiger partial charge in [0.05, 0.1) is 25.0 Å². The van der Waals surface area contributed by atoms with Crippen LogP contribution >= 0.6 is 11.6 Å². The lowest BCUT2D eigenvalue weighted by Crippen LogP contribution is -2.45. The van der Waals surface area contributed by atoms with Crippen LogP contribution in [0.4, 0.5) is 5.69 Å². The average Bonchev–Trinajstić information content (AvgIpc) is 3.27. The number of hydrogen-bond acceptors (Lipinski definition) is 7. The molecule has 2 aliphatic heterocycles. The summed E-state index contributed by atoms with van der Waals surface area (Å²) in [5, 5.41) is 20.8. The molecule has 1 saturated heterocycles. The quantitative estimate of drug-likeness (QED) is 0.186. The Morgan fingerprint density at radius 1 is 1.14 bits per heavy atom. The zero-order valence-electron chi connectivity index (χ0n) is 30.1. The molecule has 1 saturated carbocycles. The standard InChI is InChI=1S/C40H56ClN3O6/c1-4-10-29-23-33(41)14-16-34(29)32-26-44(36-24-30(39(46)40(47)48)13-17-38(36)50-27-32)25-31-12-15-35(31)37(11-6-9-18-42(3)28(2)45)49-22-21-43-19-7-5-8-20-43/h6,11,13-14,16-17,23-24,31-32,35,37,39,46H,4-5,7-10,12,15,18-22,25-27H2,1-3H3,(H,47,48)/b11-6+. The first-order chi connectivity index (χ1) is 24.1. The molecule has 2 heterocycles. The number of rotatable bonds is 16. The minimum atomic E-state index is -1.62. The Balaban J connectivity index is 1.38. The summed E-state index contributed by atoms with van der Waals surface area (Å²) >= 11 is 6.44. The number of carbonyl (C=O) groups is 2. The molecule has 0 radical (unpaired) electrons. The molecule has 10 heteroatoms. The molecule has 0 bridgehead atoms. The fourth-order valence-electron chi connectivity index (χ4n) is 7.66. The van der Waals surface area contributed by atoms with Crippen molar-refractivity contribution in [1.82, 2.24) is 9.80 Å². The van der Waals surface area contributed by atoms with Gasteiger partial charge in [0, 0.05) is 51.1 Å². The Hall–Kier alpha value is -3.11. The van der Waals surface area contributed by atoms with Crippen LogP contribution in [-0.2, 0) is 20.7 Å². The predicted molar refractivity (Wildman–Crippen MR) is 198 cm³/mol. The maximum absolute atomic E-state index is 11.8. The van der Waals surface area contributed by atoms with Crippen molar-refractivity contribution in [2.75, 3.05) is 64.4 Å². The molecule has 0 aromatic heterocycles.